The predicted octanol–water partition coefficient (Wildman–Crippen LogP) is 0.499. The van der Waals surface area contributed by atoms with E-state index in [1.54, 1.807) is 24.8 Å². The Balaban J connectivity index is 2.86. The van der Waals surface area contributed by atoms with Gasteiger partial charge in [-0.1, -0.05) is 0 Å². The van der Waals surface area contributed by atoms with Gasteiger partial charge in [0.15, 0.2) is 0 Å². The average Bonchev–Trinajstić information content (AvgIpc) is 2.36. The molecule has 0 aliphatic rings. The Morgan fingerprint density at radius 3 is 2.91 bits per heavy atom. The zero-order valence-corrected chi connectivity index (χ0v) is 5.86. The Morgan fingerprint density at radius 1 is 1.27 bits per heavy atom. The molecule has 0 unspecified atom stereocenters. The zero-order valence-electron chi connectivity index (χ0n) is 5.86. The van der Waals surface area contributed by atoms with Crippen LogP contribution < -0.4 is 11.5 Å². The van der Waals surface area contributed by atoms with E-state index in [1.807, 2.05) is 4.40 Å². The molecule has 0 spiro atoms. The maximum absolute atomic E-state index is 5.58. The second-order valence-electron chi connectivity index (χ2n) is 2.41. The molecule has 0 aromatic carbocycles. The lowest BCUT2D eigenvalue weighted by Gasteiger charge is -1.99. The van der Waals surface area contributed by atoms with Gasteiger partial charge in [-0.25, -0.2) is 4.98 Å². The molecule has 0 fully saturated rings. The molecular formula is C7H8N4. The first-order valence-electron chi connectivity index (χ1n) is 3.24. The first-order valence-corrected chi connectivity index (χ1v) is 3.24. The lowest BCUT2D eigenvalue weighted by molar-refractivity contribution is 1.16. The predicted molar refractivity (Wildman–Crippen MR) is 44.0 cm³/mol. The van der Waals surface area contributed by atoms with Crippen LogP contribution in [0.4, 0.5) is 11.4 Å². The second-order valence-corrected chi connectivity index (χ2v) is 2.41. The molecule has 2 rings (SSSR count). The van der Waals surface area contributed by atoms with Gasteiger partial charge in [0, 0.05) is 6.20 Å². The minimum Gasteiger partial charge on any atom is -0.397 e. The summed E-state index contributed by atoms with van der Waals surface area (Å²) in [6, 6.07) is 1.79. The van der Waals surface area contributed by atoms with Crippen molar-refractivity contribution in [1.29, 1.82) is 0 Å². The fourth-order valence-electron chi connectivity index (χ4n) is 1.00. The van der Waals surface area contributed by atoms with Gasteiger partial charge in [-0.05, 0) is 6.07 Å². The molecule has 2 aromatic rings. The first kappa shape index (κ1) is 6.03. The summed E-state index contributed by atoms with van der Waals surface area (Å²) >= 11 is 0. The summed E-state index contributed by atoms with van der Waals surface area (Å²) in [6.45, 7) is 0. The van der Waals surface area contributed by atoms with Crippen LogP contribution in [-0.4, -0.2) is 9.38 Å². The summed E-state index contributed by atoms with van der Waals surface area (Å²) in [4.78, 5) is 3.94. The topological polar surface area (TPSA) is 69.3 Å². The SMILES string of the molecule is Nc1cc2cncn2cc1N. The van der Waals surface area contributed by atoms with Crippen molar-refractivity contribution in [3.8, 4) is 0 Å². The highest BCUT2D eigenvalue weighted by Crippen LogP contribution is 2.15. The lowest BCUT2D eigenvalue weighted by Crippen LogP contribution is -1.96. The maximum atomic E-state index is 5.58. The standard InChI is InChI=1S/C7H8N4/c8-6-1-5-2-10-4-11(5)3-7(6)9/h1-4H,8-9H2. The van der Waals surface area contributed by atoms with Crippen LogP contribution in [0, 0.1) is 0 Å². The number of nitrogen functional groups attached to an aromatic ring is 2. The molecule has 0 saturated heterocycles. The molecule has 56 valence electrons. The van der Waals surface area contributed by atoms with Gasteiger partial charge in [-0.3, -0.25) is 0 Å². The normalized spacial score (nSPS) is 10.5. The van der Waals surface area contributed by atoms with Crippen LogP contribution >= 0.6 is 0 Å². The molecule has 4 heteroatoms. The number of pyridine rings is 1. The summed E-state index contributed by atoms with van der Waals surface area (Å²) in [5, 5.41) is 0. The summed E-state index contributed by atoms with van der Waals surface area (Å²) < 4.78 is 1.83. The number of hydrogen-bond acceptors (Lipinski definition) is 3. The maximum Gasteiger partial charge on any atom is 0.0992 e. The average molecular weight is 148 g/mol. The van der Waals surface area contributed by atoms with Gasteiger partial charge in [0.25, 0.3) is 0 Å². The highest BCUT2D eigenvalue weighted by molar-refractivity contribution is 5.68. The molecule has 2 heterocycles. The largest absolute Gasteiger partial charge is 0.397 e. The molecule has 4 nitrogen and oxygen atoms in total. The van der Waals surface area contributed by atoms with Gasteiger partial charge in [-0.15, -0.1) is 0 Å². The van der Waals surface area contributed by atoms with Crippen molar-refractivity contribution in [3.63, 3.8) is 0 Å². The van der Waals surface area contributed by atoms with E-state index in [4.69, 9.17) is 11.5 Å². The Hall–Kier alpha value is -1.71. The molecule has 0 radical (unpaired) electrons. The van der Waals surface area contributed by atoms with Crippen molar-refractivity contribution in [2.75, 3.05) is 11.5 Å². The van der Waals surface area contributed by atoms with Gasteiger partial charge in [0.1, 0.15) is 0 Å². The molecule has 0 saturated carbocycles. The smallest absolute Gasteiger partial charge is 0.0992 e. The molecule has 0 aliphatic heterocycles. The van der Waals surface area contributed by atoms with Gasteiger partial charge in [0.2, 0.25) is 0 Å². The molecule has 0 atom stereocenters. The highest BCUT2D eigenvalue weighted by atomic mass is 15.0. The Morgan fingerprint density at radius 2 is 2.09 bits per heavy atom. The van der Waals surface area contributed by atoms with Crippen molar-refractivity contribution >= 4 is 16.9 Å². The van der Waals surface area contributed by atoms with Crippen molar-refractivity contribution < 1.29 is 0 Å². The minimum atomic E-state index is 0.579. The summed E-state index contributed by atoms with van der Waals surface area (Å²) in [7, 11) is 0. The van der Waals surface area contributed by atoms with E-state index >= 15 is 0 Å². The van der Waals surface area contributed by atoms with Crippen LogP contribution in [0.5, 0.6) is 0 Å². The van der Waals surface area contributed by atoms with E-state index in [2.05, 4.69) is 4.98 Å². The molecule has 2 aromatic heterocycles. The van der Waals surface area contributed by atoms with Crippen molar-refractivity contribution in [1.82, 2.24) is 9.38 Å². The monoisotopic (exact) mass is 148 g/mol. The van der Waals surface area contributed by atoms with E-state index in [9.17, 15) is 0 Å². The quantitative estimate of drug-likeness (QED) is 0.571. The second kappa shape index (κ2) is 1.88. The van der Waals surface area contributed by atoms with Crippen molar-refractivity contribution in [3.05, 3.63) is 24.8 Å². The number of rotatable bonds is 0. The number of aromatic nitrogens is 2. The Kier molecular flexibility index (Phi) is 1.03. The summed E-state index contributed by atoms with van der Waals surface area (Å²) in [6.07, 6.45) is 5.17. The van der Waals surface area contributed by atoms with Crippen LogP contribution in [0.3, 0.4) is 0 Å². The van der Waals surface area contributed by atoms with Crippen LogP contribution in [0.15, 0.2) is 24.8 Å². The number of imidazole rings is 1. The lowest BCUT2D eigenvalue weighted by atomic mass is 10.3. The molecular weight excluding hydrogens is 140 g/mol. The van der Waals surface area contributed by atoms with Crippen LogP contribution in [-0.2, 0) is 0 Å². The fraction of sp³-hybridized carbons (Fsp3) is 0. The summed E-state index contributed by atoms with van der Waals surface area (Å²) in [5.41, 5.74) is 13.3. The van der Waals surface area contributed by atoms with Crippen LogP contribution in [0.2, 0.25) is 0 Å². The van der Waals surface area contributed by atoms with Crippen LogP contribution in [0.1, 0.15) is 0 Å². The molecule has 11 heavy (non-hydrogen) atoms. The number of fused-ring (bicyclic) bond motifs is 1. The minimum absolute atomic E-state index is 0.579. The molecule has 0 aliphatic carbocycles. The Bertz CT molecular complexity index is 354. The first-order chi connectivity index (χ1) is 5.27. The van der Waals surface area contributed by atoms with Crippen molar-refractivity contribution in [2.45, 2.75) is 0 Å². The van der Waals surface area contributed by atoms with Gasteiger partial charge >= 0.3 is 0 Å². The number of nitrogens with two attached hydrogens (primary N) is 2. The van der Waals surface area contributed by atoms with Gasteiger partial charge in [-0.2, -0.15) is 0 Å². The van der Waals surface area contributed by atoms with E-state index < -0.39 is 0 Å². The number of anilines is 2. The third-order valence-electron chi connectivity index (χ3n) is 1.61. The fourth-order valence-corrected chi connectivity index (χ4v) is 1.00. The van der Waals surface area contributed by atoms with Gasteiger partial charge in [0.05, 0.1) is 29.4 Å². The van der Waals surface area contributed by atoms with E-state index in [-0.39, 0.29) is 0 Å². The van der Waals surface area contributed by atoms with Crippen molar-refractivity contribution in [2.24, 2.45) is 0 Å². The molecule has 0 amide bonds. The van der Waals surface area contributed by atoms with E-state index in [0.29, 0.717) is 11.4 Å². The van der Waals surface area contributed by atoms with Gasteiger partial charge < -0.3 is 15.9 Å². The third kappa shape index (κ3) is 0.797. The Labute approximate surface area is 63.4 Å². The highest BCUT2D eigenvalue weighted by Gasteiger charge is 1.96. The zero-order chi connectivity index (χ0) is 7.84. The van der Waals surface area contributed by atoms with E-state index in [0.717, 1.165) is 5.52 Å². The molecule has 4 N–H and O–H groups in total. The molecule has 0 bridgehead atoms. The third-order valence-corrected chi connectivity index (χ3v) is 1.61. The number of hydrogen-bond donors (Lipinski definition) is 2. The summed E-state index contributed by atoms with van der Waals surface area (Å²) in [5.74, 6) is 0. The van der Waals surface area contributed by atoms with E-state index in [1.165, 1.54) is 0 Å². The van der Waals surface area contributed by atoms with Crippen LogP contribution in [0.25, 0.3) is 5.52 Å². The number of nitrogens with zero attached hydrogens (tertiary/aromatic N) is 2.